The molecule has 0 fully saturated rings. The maximum absolute atomic E-state index is 12.7. The first-order valence-electron chi connectivity index (χ1n) is 27.8. The van der Waals surface area contributed by atoms with Crippen molar-refractivity contribution in [3.63, 3.8) is 0 Å². The van der Waals surface area contributed by atoms with Crippen LogP contribution in [0.25, 0.3) is 0 Å². The third kappa shape index (κ3) is 52.9. The molecule has 0 aliphatic carbocycles. The Bertz CT molecular complexity index is 1280. The fourth-order valence-electron chi connectivity index (χ4n) is 7.84. The van der Waals surface area contributed by atoms with E-state index in [-0.39, 0.29) is 38.6 Å². The van der Waals surface area contributed by atoms with Crippen LogP contribution in [-0.4, -0.2) is 49.3 Å². The second-order valence-corrected chi connectivity index (χ2v) is 19.9. The summed E-state index contributed by atoms with van der Waals surface area (Å²) in [5.41, 5.74) is 5.37. The molecule has 9 nitrogen and oxygen atoms in total. The lowest BCUT2D eigenvalue weighted by Gasteiger charge is -2.19. The lowest BCUT2D eigenvalue weighted by atomic mass is 10.0. The molecule has 0 bridgehead atoms. The quantitative estimate of drug-likeness (QED) is 0.0264. The van der Waals surface area contributed by atoms with E-state index in [0.29, 0.717) is 6.42 Å². The minimum atomic E-state index is -4.38. The van der Waals surface area contributed by atoms with Gasteiger partial charge in [-0.15, -0.1) is 0 Å². The number of hydrogen-bond donors (Lipinski definition) is 2. The number of carbonyl (C=O) groups excluding carboxylic acids is 2. The van der Waals surface area contributed by atoms with E-state index in [0.717, 1.165) is 70.6 Å². The summed E-state index contributed by atoms with van der Waals surface area (Å²) in [4.78, 5) is 35.0. The van der Waals surface area contributed by atoms with Gasteiger partial charge in [0.1, 0.15) is 6.61 Å². The molecule has 10 heteroatoms. The molecule has 0 aliphatic rings. The highest BCUT2D eigenvalue weighted by molar-refractivity contribution is 7.47. The summed E-state index contributed by atoms with van der Waals surface area (Å²) in [6.07, 6.45) is 65.7. The number of nitrogens with two attached hydrogens (primary N) is 1. The van der Waals surface area contributed by atoms with Crippen molar-refractivity contribution in [1.82, 2.24) is 0 Å². The van der Waals surface area contributed by atoms with Gasteiger partial charge in [-0.1, -0.05) is 248 Å². The van der Waals surface area contributed by atoms with E-state index in [1.54, 1.807) is 0 Å². The predicted molar refractivity (Wildman–Crippen MR) is 284 cm³/mol. The Balaban J connectivity index is 3.87. The lowest BCUT2D eigenvalue weighted by molar-refractivity contribution is -0.161. The first kappa shape index (κ1) is 64.7. The maximum Gasteiger partial charge on any atom is 0.472 e. The molecule has 0 aromatic carbocycles. The molecule has 3 N–H and O–H groups in total. The average Bonchev–Trinajstić information content (AvgIpc) is 3.32. The van der Waals surface area contributed by atoms with E-state index in [4.69, 9.17) is 24.3 Å². The minimum absolute atomic E-state index is 0.0543. The standard InChI is InChI=1S/C57H104NO8P/c1-3-5-7-9-11-13-15-17-18-19-20-21-22-23-24-25-26-27-28-29-30-31-32-33-34-35-36-38-40-42-44-46-48-50-57(60)66-55(54-65-67(61,62)64-52-51-58)53-63-56(59)49-47-45-43-41-39-37-16-14-12-10-8-6-4-2/h5,7,11,13,17-18,20-21,23-24,55H,3-4,6,8-10,12,14-16,19,22,25-54,58H2,1-2H3,(H,61,62)/b7-5-,13-11-,18-17-,21-20-,24-23-. The zero-order valence-electron chi connectivity index (χ0n) is 43.4. The van der Waals surface area contributed by atoms with Gasteiger partial charge in [-0.3, -0.25) is 18.6 Å². The van der Waals surface area contributed by atoms with Crippen molar-refractivity contribution < 1.29 is 37.6 Å². The van der Waals surface area contributed by atoms with Crippen LogP contribution in [0, 0.1) is 0 Å². The van der Waals surface area contributed by atoms with Crippen LogP contribution in [0.3, 0.4) is 0 Å². The Hall–Kier alpha value is -2.29. The van der Waals surface area contributed by atoms with Crippen LogP contribution in [0.2, 0.25) is 0 Å². The highest BCUT2D eigenvalue weighted by atomic mass is 31.2. The molecule has 0 aromatic rings. The van der Waals surface area contributed by atoms with Gasteiger partial charge in [0.25, 0.3) is 0 Å². The van der Waals surface area contributed by atoms with Crippen LogP contribution in [0.4, 0.5) is 0 Å². The number of allylic oxidation sites excluding steroid dienone is 10. The molecule has 2 atom stereocenters. The number of ether oxygens (including phenoxy) is 2. The van der Waals surface area contributed by atoms with Crippen LogP contribution in [0.1, 0.15) is 258 Å². The van der Waals surface area contributed by atoms with Gasteiger partial charge in [0.15, 0.2) is 6.10 Å². The largest absolute Gasteiger partial charge is 0.472 e. The Morgan fingerprint density at radius 1 is 0.463 bits per heavy atom. The third-order valence-electron chi connectivity index (χ3n) is 11.9. The second-order valence-electron chi connectivity index (χ2n) is 18.4. The number of unbranched alkanes of at least 4 members (excludes halogenated alkanes) is 29. The van der Waals surface area contributed by atoms with Gasteiger partial charge in [0.05, 0.1) is 13.2 Å². The van der Waals surface area contributed by atoms with Crippen molar-refractivity contribution >= 4 is 19.8 Å². The zero-order valence-corrected chi connectivity index (χ0v) is 44.3. The average molecular weight is 962 g/mol. The predicted octanol–water partition coefficient (Wildman–Crippen LogP) is 17.2. The molecule has 0 spiro atoms. The van der Waals surface area contributed by atoms with E-state index in [2.05, 4.69) is 74.6 Å². The first-order chi connectivity index (χ1) is 32.8. The summed E-state index contributed by atoms with van der Waals surface area (Å²) in [5.74, 6) is -0.818. The Labute approximate surface area is 412 Å². The SMILES string of the molecule is CC/C=C\C/C=C\C/C=C\C/C=C\C/C=C\CCCCCCCCCCCCCCCCCCCC(=O)OC(COC(=O)CCCCCCCCCCCCCCC)COP(=O)(O)OCCN. The lowest BCUT2D eigenvalue weighted by Crippen LogP contribution is -2.29. The maximum atomic E-state index is 12.7. The Morgan fingerprint density at radius 3 is 1.22 bits per heavy atom. The van der Waals surface area contributed by atoms with Crippen molar-refractivity contribution in [3.05, 3.63) is 60.8 Å². The highest BCUT2D eigenvalue weighted by Gasteiger charge is 2.26. The number of esters is 2. The molecule has 0 aromatic heterocycles. The van der Waals surface area contributed by atoms with Gasteiger partial charge >= 0.3 is 19.8 Å². The molecule has 2 unspecified atom stereocenters. The summed E-state index contributed by atoms with van der Waals surface area (Å²) in [6, 6.07) is 0. The van der Waals surface area contributed by atoms with Gasteiger partial charge in [-0.05, 0) is 57.8 Å². The molecule has 0 aliphatic heterocycles. The second kappa shape index (κ2) is 53.1. The summed E-state index contributed by atoms with van der Waals surface area (Å²) in [6.45, 7) is 3.65. The fraction of sp³-hybridized carbons (Fsp3) is 0.789. The molecule has 67 heavy (non-hydrogen) atoms. The fourth-order valence-corrected chi connectivity index (χ4v) is 8.61. The third-order valence-corrected chi connectivity index (χ3v) is 12.9. The van der Waals surface area contributed by atoms with Crippen molar-refractivity contribution in [2.75, 3.05) is 26.4 Å². The number of phosphoric ester groups is 1. The summed E-state index contributed by atoms with van der Waals surface area (Å²) < 4.78 is 32.9. The van der Waals surface area contributed by atoms with Crippen LogP contribution in [-0.2, 0) is 32.7 Å². The van der Waals surface area contributed by atoms with E-state index in [9.17, 15) is 19.0 Å². The summed E-state index contributed by atoms with van der Waals surface area (Å²) in [7, 11) is -4.38. The van der Waals surface area contributed by atoms with Crippen molar-refractivity contribution in [2.45, 2.75) is 264 Å². The van der Waals surface area contributed by atoms with Gasteiger partial charge < -0.3 is 20.1 Å². The van der Waals surface area contributed by atoms with Crippen molar-refractivity contribution in [1.29, 1.82) is 0 Å². The summed E-state index contributed by atoms with van der Waals surface area (Å²) in [5, 5.41) is 0. The molecule has 0 heterocycles. The van der Waals surface area contributed by atoms with Crippen LogP contribution in [0.5, 0.6) is 0 Å². The highest BCUT2D eigenvalue weighted by Crippen LogP contribution is 2.43. The molecular weight excluding hydrogens is 858 g/mol. The first-order valence-corrected chi connectivity index (χ1v) is 29.3. The van der Waals surface area contributed by atoms with Crippen molar-refractivity contribution in [2.24, 2.45) is 5.73 Å². The topological polar surface area (TPSA) is 134 Å². The van der Waals surface area contributed by atoms with E-state index >= 15 is 0 Å². The molecule has 0 radical (unpaired) electrons. The minimum Gasteiger partial charge on any atom is -0.462 e. The van der Waals surface area contributed by atoms with E-state index in [1.165, 1.54) is 154 Å². The van der Waals surface area contributed by atoms with Gasteiger partial charge in [-0.2, -0.15) is 0 Å². The Kier molecular flexibility index (Phi) is 51.3. The van der Waals surface area contributed by atoms with Crippen LogP contribution < -0.4 is 5.73 Å². The van der Waals surface area contributed by atoms with Gasteiger partial charge in [-0.25, -0.2) is 4.57 Å². The zero-order chi connectivity index (χ0) is 48.8. The van der Waals surface area contributed by atoms with Crippen LogP contribution >= 0.6 is 7.82 Å². The molecule has 0 saturated heterocycles. The smallest absolute Gasteiger partial charge is 0.462 e. The summed E-state index contributed by atoms with van der Waals surface area (Å²) >= 11 is 0. The van der Waals surface area contributed by atoms with E-state index in [1.807, 2.05) is 0 Å². The molecule has 0 saturated carbocycles. The normalized spacial score (nSPS) is 13.6. The monoisotopic (exact) mass is 962 g/mol. The number of hydrogen-bond acceptors (Lipinski definition) is 8. The molecular formula is C57H104NO8P. The number of carbonyl (C=O) groups is 2. The van der Waals surface area contributed by atoms with Crippen LogP contribution in [0.15, 0.2) is 60.8 Å². The Morgan fingerprint density at radius 2 is 0.821 bits per heavy atom. The number of phosphoric acid groups is 1. The molecule has 0 rings (SSSR count). The van der Waals surface area contributed by atoms with E-state index < -0.39 is 26.5 Å². The molecule has 390 valence electrons. The molecule has 0 amide bonds. The van der Waals surface area contributed by atoms with Crippen molar-refractivity contribution in [3.8, 4) is 0 Å². The van der Waals surface area contributed by atoms with Gasteiger partial charge in [0.2, 0.25) is 0 Å². The number of rotatable bonds is 52. The van der Waals surface area contributed by atoms with Gasteiger partial charge in [0, 0.05) is 19.4 Å².